The fourth-order valence-electron chi connectivity index (χ4n) is 2.41. The summed E-state index contributed by atoms with van der Waals surface area (Å²) in [6.07, 6.45) is 5.26. The number of allylic oxidation sites excluding steroid dienone is 1. The van der Waals surface area contributed by atoms with Gasteiger partial charge in [-0.05, 0) is 32.3 Å². The summed E-state index contributed by atoms with van der Waals surface area (Å²) in [4.78, 5) is 20.1. The van der Waals surface area contributed by atoms with Crippen LogP contribution in [0.5, 0.6) is 0 Å². The number of aromatic nitrogens is 2. The third-order valence-electron chi connectivity index (χ3n) is 3.50. The number of carbonyl (C=O) groups excluding carboxylic acids is 1. The quantitative estimate of drug-likeness (QED) is 0.530. The molecule has 0 spiro atoms. The second-order valence-electron chi connectivity index (χ2n) is 5.59. The van der Waals surface area contributed by atoms with Crippen molar-refractivity contribution >= 4 is 22.1 Å². The van der Waals surface area contributed by atoms with E-state index < -0.39 is 0 Å². The van der Waals surface area contributed by atoms with Crippen molar-refractivity contribution < 1.29 is 4.79 Å². The van der Waals surface area contributed by atoms with Crippen LogP contribution < -0.4 is 0 Å². The van der Waals surface area contributed by atoms with Gasteiger partial charge in [0, 0.05) is 23.7 Å². The minimum absolute atomic E-state index is 0.0971. The van der Waals surface area contributed by atoms with Gasteiger partial charge < -0.3 is 4.90 Å². The number of hydrogen-bond acceptors (Lipinski definition) is 5. The van der Waals surface area contributed by atoms with Gasteiger partial charge in [0.05, 0.1) is 11.6 Å². The average molecular weight is 336 g/mol. The highest BCUT2D eigenvalue weighted by Gasteiger charge is 2.19. The summed E-state index contributed by atoms with van der Waals surface area (Å²) in [7, 11) is 3.90. The molecule has 1 aromatic carbocycles. The molecule has 2 aromatic heterocycles. The van der Waals surface area contributed by atoms with Gasteiger partial charge in [-0.1, -0.05) is 18.2 Å². The highest BCUT2D eigenvalue weighted by molar-refractivity contribution is 7.15. The lowest BCUT2D eigenvalue weighted by molar-refractivity contribution is 0.104. The zero-order chi connectivity index (χ0) is 17.1. The molecule has 3 rings (SSSR count). The number of imidazole rings is 1. The number of thiazole rings is 1. The summed E-state index contributed by atoms with van der Waals surface area (Å²) in [6, 6.07) is 9.29. The maximum Gasteiger partial charge on any atom is 0.204 e. The Morgan fingerprint density at radius 1 is 1.46 bits per heavy atom. The molecular weight excluding hydrogens is 320 g/mol. The molecule has 0 amide bonds. The van der Waals surface area contributed by atoms with E-state index in [2.05, 4.69) is 11.1 Å². The molecular formula is C18H16N4OS. The lowest BCUT2D eigenvalue weighted by Crippen LogP contribution is -2.11. The van der Waals surface area contributed by atoms with E-state index in [0.717, 1.165) is 10.5 Å². The Balaban J connectivity index is 2.08. The predicted molar refractivity (Wildman–Crippen MR) is 95.2 cm³/mol. The van der Waals surface area contributed by atoms with E-state index in [4.69, 9.17) is 5.26 Å². The normalized spacial score (nSPS) is 11.4. The molecule has 0 fully saturated rings. The Labute approximate surface area is 144 Å². The van der Waals surface area contributed by atoms with Crippen LogP contribution in [-0.2, 0) is 0 Å². The first-order chi connectivity index (χ1) is 11.6. The predicted octanol–water partition coefficient (Wildman–Crippen LogP) is 3.23. The van der Waals surface area contributed by atoms with Crippen LogP contribution in [-0.4, -0.2) is 40.7 Å². The molecule has 2 heterocycles. The maximum atomic E-state index is 12.7. The number of nitrogens with zero attached hydrogens (tertiary/aromatic N) is 4. The van der Waals surface area contributed by atoms with Crippen LogP contribution in [0.15, 0.2) is 48.0 Å². The monoisotopic (exact) mass is 336 g/mol. The van der Waals surface area contributed by atoms with Gasteiger partial charge in [0.15, 0.2) is 4.96 Å². The van der Waals surface area contributed by atoms with Crippen molar-refractivity contribution in [2.45, 2.75) is 0 Å². The number of likely N-dealkylation sites (N-methyl/N-ethyl adjacent to an activating group) is 1. The Kier molecular flexibility index (Phi) is 4.56. The van der Waals surface area contributed by atoms with Gasteiger partial charge in [-0.25, -0.2) is 4.98 Å². The van der Waals surface area contributed by atoms with Crippen molar-refractivity contribution in [2.75, 3.05) is 20.6 Å². The molecule has 0 radical (unpaired) electrons. The third kappa shape index (κ3) is 3.13. The van der Waals surface area contributed by atoms with Gasteiger partial charge in [-0.3, -0.25) is 9.20 Å². The Bertz CT molecular complexity index is 959. The Hall–Kier alpha value is -2.75. The fourth-order valence-corrected chi connectivity index (χ4v) is 3.12. The molecule has 0 aliphatic heterocycles. The van der Waals surface area contributed by atoms with Crippen LogP contribution in [0.1, 0.15) is 16.1 Å². The number of rotatable bonds is 5. The number of fused-ring (bicyclic) bond motifs is 1. The second kappa shape index (κ2) is 6.79. The topological polar surface area (TPSA) is 61.4 Å². The molecule has 0 atom stereocenters. The van der Waals surface area contributed by atoms with Gasteiger partial charge >= 0.3 is 0 Å². The first-order valence-electron chi connectivity index (χ1n) is 7.42. The molecule has 0 bridgehead atoms. The van der Waals surface area contributed by atoms with Crippen LogP contribution in [0.4, 0.5) is 0 Å². The molecule has 0 saturated carbocycles. The number of benzene rings is 1. The number of nitriles is 1. The van der Waals surface area contributed by atoms with Crippen LogP contribution in [0.3, 0.4) is 0 Å². The van der Waals surface area contributed by atoms with Crippen LogP contribution in [0.2, 0.25) is 0 Å². The van der Waals surface area contributed by atoms with E-state index in [1.165, 1.54) is 11.3 Å². The molecule has 24 heavy (non-hydrogen) atoms. The van der Waals surface area contributed by atoms with Crippen LogP contribution >= 0.6 is 11.3 Å². The summed E-state index contributed by atoms with van der Waals surface area (Å²) < 4.78 is 1.81. The zero-order valence-electron chi connectivity index (χ0n) is 13.4. The molecule has 120 valence electrons. The fraction of sp³-hybridized carbons (Fsp3) is 0.167. The highest BCUT2D eigenvalue weighted by Crippen LogP contribution is 2.27. The van der Waals surface area contributed by atoms with Gasteiger partial charge in [0.25, 0.3) is 0 Å². The van der Waals surface area contributed by atoms with Crippen molar-refractivity contribution in [1.82, 2.24) is 14.3 Å². The molecule has 0 N–H and O–H groups in total. The summed E-state index contributed by atoms with van der Waals surface area (Å²) in [5.41, 5.74) is 2.45. The lowest BCUT2D eigenvalue weighted by Gasteiger charge is -2.04. The Morgan fingerprint density at radius 2 is 2.29 bits per heavy atom. The number of ketones is 1. The summed E-state index contributed by atoms with van der Waals surface area (Å²) in [6.45, 7) is 0.691. The number of hydrogen-bond donors (Lipinski definition) is 0. The summed E-state index contributed by atoms with van der Waals surface area (Å²) in [5, 5.41) is 11.0. The van der Waals surface area contributed by atoms with Crippen molar-refractivity contribution in [3.8, 4) is 17.3 Å². The van der Waals surface area contributed by atoms with E-state index >= 15 is 0 Å². The molecule has 3 aromatic rings. The van der Waals surface area contributed by atoms with Gasteiger partial charge in [-0.15, -0.1) is 11.3 Å². The lowest BCUT2D eigenvalue weighted by atomic mass is 10.1. The van der Waals surface area contributed by atoms with Crippen LogP contribution in [0, 0.1) is 11.3 Å². The van der Waals surface area contributed by atoms with Crippen molar-refractivity contribution in [2.24, 2.45) is 0 Å². The largest absolute Gasteiger partial charge is 0.306 e. The smallest absolute Gasteiger partial charge is 0.204 e. The number of carbonyl (C=O) groups is 1. The Morgan fingerprint density at radius 3 is 3.04 bits per heavy atom. The van der Waals surface area contributed by atoms with Gasteiger partial charge in [0.2, 0.25) is 5.78 Å². The van der Waals surface area contributed by atoms with E-state index in [9.17, 15) is 4.79 Å². The molecule has 0 aliphatic rings. The van der Waals surface area contributed by atoms with Crippen LogP contribution in [0.25, 0.3) is 16.2 Å². The summed E-state index contributed by atoms with van der Waals surface area (Å²) >= 11 is 1.48. The SMILES string of the molecule is CN(C)C/C=C/C(=O)c1c(-c2cccc(C#N)c2)nc2sccn12. The van der Waals surface area contributed by atoms with E-state index in [1.54, 1.807) is 28.7 Å². The first kappa shape index (κ1) is 16.1. The first-order valence-corrected chi connectivity index (χ1v) is 8.30. The van der Waals surface area contributed by atoms with Gasteiger partial charge in [0.1, 0.15) is 11.4 Å². The van der Waals surface area contributed by atoms with Crippen molar-refractivity contribution in [1.29, 1.82) is 5.26 Å². The van der Waals surface area contributed by atoms with E-state index in [1.807, 2.05) is 42.7 Å². The standard InChI is InChI=1S/C18H16N4OS/c1-21(2)8-4-7-15(23)17-16(20-18-22(17)9-10-24-18)14-6-3-5-13(11-14)12-19/h3-7,9-11H,8H2,1-2H3/b7-4+. The maximum absolute atomic E-state index is 12.7. The summed E-state index contributed by atoms with van der Waals surface area (Å²) in [5.74, 6) is -0.0971. The molecule has 6 heteroatoms. The second-order valence-corrected chi connectivity index (χ2v) is 6.46. The van der Waals surface area contributed by atoms with E-state index in [0.29, 0.717) is 23.5 Å². The highest BCUT2D eigenvalue weighted by atomic mass is 32.1. The van der Waals surface area contributed by atoms with Crippen molar-refractivity contribution in [3.63, 3.8) is 0 Å². The minimum Gasteiger partial charge on any atom is -0.306 e. The van der Waals surface area contributed by atoms with Gasteiger partial charge in [-0.2, -0.15) is 5.26 Å². The molecule has 0 unspecified atom stereocenters. The van der Waals surface area contributed by atoms with E-state index in [-0.39, 0.29) is 5.78 Å². The molecule has 0 aliphatic carbocycles. The molecule has 5 nitrogen and oxygen atoms in total. The van der Waals surface area contributed by atoms with Crippen molar-refractivity contribution in [3.05, 3.63) is 59.3 Å². The minimum atomic E-state index is -0.0971. The zero-order valence-corrected chi connectivity index (χ0v) is 14.2. The third-order valence-corrected chi connectivity index (χ3v) is 4.26. The average Bonchev–Trinajstić information content (AvgIpc) is 3.15. The molecule has 0 saturated heterocycles.